The van der Waals surface area contributed by atoms with E-state index in [1.807, 2.05) is 4.90 Å². The number of piperazine rings is 1. The average molecular weight is 386 g/mol. The highest BCUT2D eigenvalue weighted by Gasteiger charge is 2.24. The molecule has 0 radical (unpaired) electrons. The summed E-state index contributed by atoms with van der Waals surface area (Å²) >= 11 is 0. The van der Waals surface area contributed by atoms with Gasteiger partial charge in [-0.25, -0.2) is 4.39 Å². The molecular weight excluding hydrogens is 359 g/mol. The van der Waals surface area contributed by atoms with Crippen LogP contribution in [-0.2, 0) is 11.3 Å². The summed E-state index contributed by atoms with van der Waals surface area (Å²) in [6, 6.07) is 6.12. The number of halogens is 1. The summed E-state index contributed by atoms with van der Waals surface area (Å²) in [5.41, 5.74) is 0.738. The molecule has 2 aromatic rings. The largest absolute Gasteiger partial charge is 0.340 e. The van der Waals surface area contributed by atoms with Crippen molar-refractivity contribution in [1.82, 2.24) is 30.0 Å². The zero-order valence-corrected chi connectivity index (χ0v) is 16.1. The van der Waals surface area contributed by atoms with Gasteiger partial charge in [-0.15, -0.1) is 5.10 Å². The van der Waals surface area contributed by atoms with Crippen LogP contribution in [0.25, 0.3) is 5.69 Å². The van der Waals surface area contributed by atoms with Crippen LogP contribution in [0.5, 0.6) is 0 Å². The summed E-state index contributed by atoms with van der Waals surface area (Å²) in [5.74, 6) is 1.48. The smallest absolute Gasteiger partial charge is 0.222 e. The fourth-order valence-corrected chi connectivity index (χ4v) is 4.23. The van der Waals surface area contributed by atoms with Gasteiger partial charge in [0.05, 0.1) is 12.2 Å². The number of rotatable bonds is 6. The maximum absolute atomic E-state index is 13.1. The predicted octanol–water partition coefficient (Wildman–Crippen LogP) is 2.42. The van der Waals surface area contributed by atoms with Gasteiger partial charge in [0.15, 0.2) is 5.82 Å². The predicted molar refractivity (Wildman–Crippen MR) is 102 cm³/mol. The fourth-order valence-electron chi connectivity index (χ4n) is 4.23. The Labute approximate surface area is 164 Å². The molecule has 0 spiro atoms. The van der Waals surface area contributed by atoms with Gasteiger partial charge in [-0.3, -0.25) is 9.69 Å². The Kier molecular flexibility index (Phi) is 5.95. The van der Waals surface area contributed by atoms with Crippen LogP contribution < -0.4 is 0 Å². The van der Waals surface area contributed by atoms with E-state index in [9.17, 15) is 9.18 Å². The Hall–Kier alpha value is -2.35. The molecule has 7 nitrogen and oxygen atoms in total. The lowest BCUT2D eigenvalue weighted by molar-refractivity contribution is -0.133. The van der Waals surface area contributed by atoms with Crippen molar-refractivity contribution >= 4 is 5.91 Å². The zero-order chi connectivity index (χ0) is 19.3. The molecule has 1 aromatic carbocycles. The minimum atomic E-state index is -0.285. The normalized spacial score (nSPS) is 18.7. The number of carbonyl (C=O) groups is 1. The second-order valence-corrected chi connectivity index (χ2v) is 7.83. The Balaban J connectivity index is 1.27. The number of benzene rings is 1. The van der Waals surface area contributed by atoms with Crippen molar-refractivity contribution in [2.24, 2.45) is 5.92 Å². The molecule has 150 valence electrons. The first kappa shape index (κ1) is 19.0. The minimum Gasteiger partial charge on any atom is -0.340 e. The van der Waals surface area contributed by atoms with Crippen LogP contribution in [0.3, 0.4) is 0 Å². The van der Waals surface area contributed by atoms with Crippen molar-refractivity contribution in [3.63, 3.8) is 0 Å². The van der Waals surface area contributed by atoms with Gasteiger partial charge < -0.3 is 4.90 Å². The lowest BCUT2D eigenvalue weighted by Gasteiger charge is -2.34. The number of tetrazole rings is 1. The molecule has 1 aliphatic carbocycles. The number of aromatic nitrogens is 4. The molecule has 1 amide bonds. The lowest BCUT2D eigenvalue weighted by Crippen LogP contribution is -2.48. The van der Waals surface area contributed by atoms with E-state index >= 15 is 0 Å². The minimum absolute atomic E-state index is 0.285. The van der Waals surface area contributed by atoms with Crippen LogP contribution >= 0.6 is 0 Å². The maximum Gasteiger partial charge on any atom is 0.222 e. The Morgan fingerprint density at radius 1 is 1.07 bits per heavy atom. The molecule has 8 heteroatoms. The first-order valence-corrected chi connectivity index (χ1v) is 10.2. The van der Waals surface area contributed by atoms with E-state index in [4.69, 9.17) is 0 Å². The van der Waals surface area contributed by atoms with Crippen molar-refractivity contribution in [3.05, 3.63) is 35.9 Å². The molecule has 2 fully saturated rings. The summed E-state index contributed by atoms with van der Waals surface area (Å²) in [5, 5.41) is 11.9. The number of hydrogen-bond donors (Lipinski definition) is 0. The highest BCUT2D eigenvalue weighted by molar-refractivity contribution is 5.76. The Morgan fingerprint density at radius 2 is 1.79 bits per heavy atom. The third kappa shape index (κ3) is 4.55. The third-order valence-electron chi connectivity index (χ3n) is 5.94. The third-order valence-corrected chi connectivity index (χ3v) is 5.94. The van der Waals surface area contributed by atoms with Gasteiger partial charge in [-0.1, -0.05) is 25.7 Å². The summed E-state index contributed by atoms with van der Waals surface area (Å²) < 4.78 is 14.8. The second-order valence-electron chi connectivity index (χ2n) is 7.83. The average Bonchev–Trinajstić information content (AvgIpc) is 3.39. The van der Waals surface area contributed by atoms with Crippen LogP contribution in [0, 0.1) is 11.7 Å². The second kappa shape index (κ2) is 8.77. The summed E-state index contributed by atoms with van der Waals surface area (Å²) in [4.78, 5) is 16.7. The molecule has 1 aromatic heterocycles. The Morgan fingerprint density at radius 3 is 2.50 bits per heavy atom. The molecule has 0 unspecified atom stereocenters. The summed E-state index contributed by atoms with van der Waals surface area (Å²) in [6.07, 6.45) is 6.98. The van der Waals surface area contributed by atoms with Crippen molar-refractivity contribution < 1.29 is 9.18 Å². The monoisotopic (exact) mass is 386 g/mol. The Bertz CT molecular complexity index is 778. The molecule has 1 saturated carbocycles. The molecule has 1 saturated heterocycles. The van der Waals surface area contributed by atoms with Crippen molar-refractivity contribution in [1.29, 1.82) is 0 Å². The topological polar surface area (TPSA) is 67.2 Å². The van der Waals surface area contributed by atoms with E-state index in [2.05, 4.69) is 20.4 Å². The van der Waals surface area contributed by atoms with Crippen LogP contribution in [0.4, 0.5) is 4.39 Å². The van der Waals surface area contributed by atoms with Crippen LogP contribution in [0.2, 0.25) is 0 Å². The zero-order valence-electron chi connectivity index (χ0n) is 16.1. The first-order chi connectivity index (χ1) is 13.7. The maximum atomic E-state index is 13.1. The molecular formula is C20H27FN6O. The van der Waals surface area contributed by atoms with Gasteiger partial charge in [0.1, 0.15) is 5.82 Å². The highest BCUT2D eigenvalue weighted by Crippen LogP contribution is 2.28. The number of carbonyl (C=O) groups excluding carboxylic acids is 1. The van der Waals surface area contributed by atoms with E-state index in [1.165, 1.54) is 37.8 Å². The summed E-state index contributed by atoms with van der Waals surface area (Å²) in [6.45, 7) is 3.73. The number of hydrogen-bond acceptors (Lipinski definition) is 5. The number of nitrogens with zero attached hydrogens (tertiary/aromatic N) is 6. The molecule has 1 aliphatic heterocycles. The van der Waals surface area contributed by atoms with E-state index < -0.39 is 0 Å². The van der Waals surface area contributed by atoms with Crippen LogP contribution in [0.15, 0.2) is 24.3 Å². The van der Waals surface area contributed by atoms with Gasteiger partial charge >= 0.3 is 0 Å². The first-order valence-electron chi connectivity index (χ1n) is 10.2. The molecule has 0 atom stereocenters. The molecule has 0 N–H and O–H groups in total. The van der Waals surface area contributed by atoms with E-state index in [0.717, 1.165) is 44.2 Å². The van der Waals surface area contributed by atoms with Gasteiger partial charge in [-0.05, 0) is 47.0 Å². The molecule has 28 heavy (non-hydrogen) atoms. The highest BCUT2D eigenvalue weighted by atomic mass is 19.1. The van der Waals surface area contributed by atoms with Crippen molar-refractivity contribution in [2.75, 3.05) is 26.2 Å². The SMILES string of the molecule is O=C(CCC1CCCC1)N1CCN(Cc2nnnn2-c2ccc(F)cc2)CC1. The van der Waals surface area contributed by atoms with E-state index in [-0.39, 0.29) is 5.82 Å². The van der Waals surface area contributed by atoms with Crippen LogP contribution in [0.1, 0.15) is 44.3 Å². The molecule has 0 bridgehead atoms. The van der Waals surface area contributed by atoms with Crippen LogP contribution in [-0.4, -0.2) is 62.1 Å². The fraction of sp³-hybridized carbons (Fsp3) is 0.600. The molecule has 4 rings (SSSR count). The van der Waals surface area contributed by atoms with Gasteiger partial charge in [0.2, 0.25) is 5.91 Å². The van der Waals surface area contributed by atoms with Crippen molar-refractivity contribution in [3.8, 4) is 5.69 Å². The number of amides is 1. The quantitative estimate of drug-likeness (QED) is 0.763. The van der Waals surface area contributed by atoms with Gasteiger partial charge in [0, 0.05) is 32.6 Å². The lowest BCUT2D eigenvalue weighted by atomic mass is 10.0. The van der Waals surface area contributed by atoms with Gasteiger partial charge in [0.25, 0.3) is 0 Å². The van der Waals surface area contributed by atoms with Crippen molar-refractivity contribution in [2.45, 2.75) is 45.1 Å². The standard InChI is InChI=1S/C20H27FN6O/c21-17-6-8-18(9-7-17)27-19(22-23-24-27)15-25-11-13-26(14-12-25)20(28)10-5-16-3-1-2-4-16/h6-9,16H,1-5,10-15H2. The van der Waals surface area contributed by atoms with Gasteiger partial charge in [-0.2, -0.15) is 4.68 Å². The molecule has 2 heterocycles. The van der Waals surface area contributed by atoms with E-state index in [1.54, 1.807) is 16.8 Å². The van der Waals surface area contributed by atoms with E-state index in [0.29, 0.717) is 24.7 Å². The summed E-state index contributed by atoms with van der Waals surface area (Å²) in [7, 11) is 0. The molecule has 2 aliphatic rings.